The molecule has 1 amide bonds. The van der Waals surface area contributed by atoms with E-state index in [0.29, 0.717) is 0 Å². The fourth-order valence-electron chi connectivity index (χ4n) is 1.77. The second-order valence-electron chi connectivity index (χ2n) is 4.47. The van der Waals surface area contributed by atoms with Crippen molar-refractivity contribution in [3.63, 3.8) is 0 Å². The van der Waals surface area contributed by atoms with Crippen LogP contribution in [0.2, 0.25) is 0 Å². The molecule has 5 nitrogen and oxygen atoms in total. The Morgan fingerprint density at radius 2 is 2.19 bits per heavy atom. The van der Waals surface area contributed by atoms with Crippen molar-refractivity contribution in [1.29, 1.82) is 0 Å². The van der Waals surface area contributed by atoms with E-state index >= 15 is 0 Å². The molecule has 0 bridgehead atoms. The molecule has 114 valence electrons. The molecule has 2 unspecified atom stereocenters. The van der Waals surface area contributed by atoms with E-state index in [1.165, 1.54) is 18.7 Å². The minimum atomic E-state index is -1.09. The predicted molar refractivity (Wildman–Crippen MR) is 84.1 cm³/mol. The molecule has 0 aliphatic rings. The Kier molecular flexibility index (Phi) is 6.98. The molecular formula is C15H19NO4S. The van der Waals surface area contributed by atoms with Gasteiger partial charge in [0, 0.05) is 12.7 Å². The second-order valence-corrected chi connectivity index (χ2v) is 5.71. The molecule has 2 atom stereocenters. The van der Waals surface area contributed by atoms with Crippen molar-refractivity contribution in [1.82, 2.24) is 5.32 Å². The van der Waals surface area contributed by atoms with Gasteiger partial charge in [0.05, 0.1) is 11.9 Å². The number of carboxylic acids is 1. The van der Waals surface area contributed by atoms with Crippen LogP contribution in [-0.2, 0) is 9.59 Å². The topological polar surface area (TPSA) is 86.6 Å². The van der Waals surface area contributed by atoms with Gasteiger partial charge in [0.15, 0.2) is 0 Å². The van der Waals surface area contributed by atoms with Gasteiger partial charge in [-0.05, 0) is 11.1 Å². The van der Waals surface area contributed by atoms with Crippen molar-refractivity contribution in [2.45, 2.75) is 18.2 Å². The largest absolute Gasteiger partial charge is 0.480 e. The number of amides is 1. The quantitative estimate of drug-likeness (QED) is 0.680. The van der Waals surface area contributed by atoms with Crippen LogP contribution in [-0.4, -0.2) is 40.5 Å². The van der Waals surface area contributed by atoms with Gasteiger partial charge in [0.25, 0.3) is 0 Å². The first kappa shape index (κ1) is 17.3. The molecule has 0 spiro atoms. The van der Waals surface area contributed by atoms with E-state index in [1.54, 1.807) is 6.08 Å². The van der Waals surface area contributed by atoms with Crippen LogP contribution in [0.15, 0.2) is 30.8 Å². The van der Waals surface area contributed by atoms with E-state index in [0.717, 1.165) is 11.1 Å². The van der Waals surface area contributed by atoms with Gasteiger partial charge in [0.2, 0.25) is 5.91 Å². The van der Waals surface area contributed by atoms with Crippen molar-refractivity contribution < 1.29 is 19.8 Å². The molecule has 1 aromatic carbocycles. The number of aliphatic hydroxyl groups is 1. The third-order valence-corrected chi connectivity index (χ3v) is 4.17. The highest BCUT2D eigenvalue weighted by molar-refractivity contribution is 7.99. The molecule has 0 saturated heterocycles. The number of aliphatic carboxylic acids is 1. The van der Waals surface area contributed by atoms with Crippen molar-refractivity contribution in [2.75, 3.05) is 12.4 Å². The Morgan fingerprint density at radius 1 is 1.48 bits per heavy atom. The molecule has 0 aliphatic heterocycles. The van der Waals surface area contributed by atoms with E-state index in [-0.39, 0.29) is 17.6 Å². The Bertz CT molecular complexity index is 518. The number of nitrogens with one attached hydrogen (secondary N) is 1. The zero-order valence-electron chi connectivity index (χ0n) is 11.8. The van der Waals surface area contributed by atoms with Crippen molar-refractivity contribution in [3.8, 4) is 0 Å². The first-order chi connectivity index (χ1) is 9.97. The zero-order valence-corrected chi connectivity index (χ0v) is 12.6. The number of benzene rings is 1. The van der Waals surface area contributed by atoms with E-state index in [2.05, 4.69) is 11.9 Å². The van der Waals surface area contributed by atoms with Gasteiger partial charge < -0.3 is 15.5 Å². The molecule has 1 aromatic rings. The monoisotopic (exact) mass is 309 g/mol. The molecule has 0 aliphatic carbocycles. The van der Waals surface area contributed by atoms with Crippen molar-refractivity contribution in [3.05, 3.63) is 42.0 Å². The van der Waals surface area contributed by atoms with Crippen LogP contribution < -0.4 is 5.32 Å². The molecule has 0 fully saturated rings. The number of hydrogen-bond donors (Lipinski definition) is 3. The number of carboxylic acid groups (broad SMARTS) is 1. The molecule has 6 heteroatoms. The Labute approximate surface area is 128 Å². The smallest absolute Gasteiger partial charge is 0.327 e. The van der Waals surface area contributed by atoms with Crippen molar-refractivity contribution >= 4 is 29.7 Å². The van der Waals surface area contributed by atoms with Gasteiger partial charge in [-0.15, -0.1) is 11.8 Å². The van der Waals surface area contributed by atoms with Gasteiger partial charge in [-0.3, -0.25) is 4.79 Å². The van der Waals surface area contributed by atoms with E-state index in [1.807, 2.05) is 24.3 Å². The molecule has 3 N–H and O–H groups in total. The number of rotatable bonds is 8. The average Bonchev–Trinajstić information content (AvgIpc) is 2.46. The summed E-state index contributed by atoms with van der Waals surface area (Å²) in [7, 11) is 0. The fraction of sp³-hybridized carbons (Fsp3) is 0.333. The van der Waals surface area contributed by atoms with Crippen molar-refractivity contribution in [2.24, 2.45) is 0 Å². The lowest BCUT2D eigenvalue weighted by Crippen LogP contribution is -2.41. The maximum absolute atomic E-state index is 11.1. The highest BCUT2D eigenvalue weighted by atomic mass is 32.2. The van der Waals surface area contributed by atoms with Gasteiger partial charge in [-0.25, -0.2) is 4.79 Å². The van der Waals surface area contributed by atoms with Gasteiger partial charge in [-0.2, -0.15) is 0 Å². The van der Waals surface area contributed by atoms with Crippen LogP contribution in [0.3, 0.4) is 0 Å². The lowest BCUT2D eigenvalue weighted by molar-refractivity contribution is -0.140. The standard InChI is InChI=1S/C15H19NO4S/c1-3-11-5-4-6-12(7-11)14(8-17)21-9-13(15(19)20)16-10(2)18/h3-7,13-14,17H,1,8-9H2,2H3,(H,16,18)(H,19,20). The third kappa shape index (κ3) is 5.61. The highest BCUT2D eigenvalue weighted by Gasteiger charge is 2.21. The summed E-state index contributed by atoms with van der Waals surface area (Å²) in [6.07, 6.45) is 1.71. The van der Waals surface area contributed by atoms with E-state index in [4.69, 9.17) is 5.11 Å². The summed E-state index contributed by atoms with van der Waals surface area (Å²) in [5.41, 5.74) is 1.83. The Balaban J connectivity index is 2.74. The highest BCUT2D eigenvalue weighted by Crippen LogP contribution is 2.29. The Hall–Kier alpha value is -1.79. The number of thioether (sulfide) groups is 1. The fourth-order valence-corrected chi connectivity index (χ4v) is 2.87. The molecule has 1 rings (SSSR count). The number of carbonyl (C=O) groups excluding carboxylic acids is 1. The first-order valence-corrected chi connectivity index (χ1v) is 7.47. The summed E-state index contributed by atoms with van der Waals surface area (Å²) >= 11 is 1.29. The maximum atomic E-state index is 11.1. The summed E-state index contributed by atoms with van der Waals surface area (Å²) in [4.78, 5) is 22.1. The SMILES string of the molecule is C=Cc1cccc(C(CO)SCC(NC(C)=O)C(=O)O)c1. The van der Waals surface area contributed by atoms with Gasteiger partial charge >= 0.3 is 5.97 Å². The van der Waals surface area contributed by atoms with Gasteiger partial charge in [0.1, 0.15) is 6.04 Å². The molecule has 0 saturated carbocycles. The number of aliphatic hydroxyl groups excluding tert-OH is 1. The third-order valence-electron chi connectivity index (χ3n) is 2.82. The first-order valence-electron chi connectivity index (χ1n) is 6.42. The molecule has 21 heavy (non-hydrogen) atoms. The number of hydrogen-bond acceptors (Lipinski definition) is 4. The minimum absolute atomic E-state index is 0.113. The summed E-state index contributed by atoms with van der Waals surface area (Å²) < 4.78 is 0. The summed E-state index contributed by atoms with van der Waals surface area (Å²) in [5.74, 6) is -1.30. The van der Waals surface area contributed by atoms with E-state index in [9.17, 15) is 14.7 Å². The predicted octanol–water partition coefficient (Wildman–Crippen LogP) is 1.69. The maximum Gasteiger partial charge on any atom is 0.327 e. The van der Waals surface area contributed by atoms with Crippen LogP contribution in [0.5, 0.6) is 0 Å². The zero-order chi connectivity index (χ0) is 15.8. The number of carbonyl (C=O) groups is 2. The normalized spacial score (nSPS) is 13.2. The lowest BCUT2D eigenvalue weighted by Gasteiger charge is -2.18. The average molecular weight is 309 g/mol. The van der Waals surface area contributed by atoms with Crippen LogP contribution in [0, 0.1) is 0 Å². The molecule has 0 heterocycles. The van der Waals surface area contributed by atoms with Crippen LogP contribution >= 0.6 is 11.8 Å². The Morgan fingerprint density at radius 3 is 2.71 bits per heavy atom. The molecule has 0 radical (unpaired) electrons. The van der Waals surface area contributed by atoms with Gasteiger partial charge in [-0.1, -0.05) is 36.9 Å². The summed E-state index contributed by atoms with van der Waals surface area (Å²) in [6.45, 7) is 4.85. The minimum Gasteiger partial charge on any atom is -0.480 e. The summed E-state index contributed by atoms with van der Waals surface area (Å²) in [6, 6.07) is 6.55. The lowest BCUT2D eigenvalue weighted by atomic mass is 10.1. The van der Waals surface area contributed by atoms with Crippen LogP contribution in [0.4, 0.5) is 0 Å². The van der Waals surface area contributed by atoms with Crippen LogP contribution in [0.1, 0.15) is 23.3 Å². The molecule has 0 aromatic heterocycles. The second kappa shape index (κ2) is 8.49. The summed E-state index contributed by atoms with van der Waals surface area (Å²) in [5, 5.41) is 20.7. The van der Waals surface area contributed by atoms with Crippen LogP contribution in [0.25, 0.3) is 6.08 Å². The molecular weight excluding hydrogens is 290 g/mol. The van der Waals surface area contributed by atoms with E-state index < -0.39 is 17.9 Å².